The minimum Gasteiger partial charge on any atom is -0.337 e. The number of carbonyl (C=O) groups is 1. The zero-order valence-corrected chi connectivity index (χ0v) is 18.1. The zero-order chi connectivity index (χ0) is 22.0. The van der Waals surface area contributed by atoms with E-state index in [-0.39, 0.29) is 18.1 Å². The topological polar surface area (TPSA) is 73.0 Å². The van der Waals surface area contributed by atoms with Crippen LogP contribution in [0, 0.1) is 0 Å². The standard InChI is InChI=1S/C23H22ClN5O2/c1-3-28(14-16-9-11-18(24)12-10-16)20(30)15-29-22-19(27(2)23(29)31)13-25-21(26-22)17-7-5-4-6-8-17/h4-13H,3,14-15H2,1-2H3. The predicted octanol–water partition coefficient (Wildman–Crippen LogP) is 3.50. The Morgan fingerprint density at radius 1 is 1.10 bits per heavy atom. The monoisotopic (exact) mass is 435 g/mol. The molecule has 0 aliphatic heterocycles. The lowest BCUT2D eigenvalue weighted by Gasteiger charge is -2.21. The van der Waals surface area contributed by atoms with Crippen LogP contribution in [0.1, 0.15) is 12.5 Å². The Balaban J connectivity index is 1.66. The highest BCUT2D eigenvalue weighted by Gasteiger charge is 2.19. The number of rotatable bonds is 6. The molecule has 0 aliphatic carbocycles. The Hall–Kier alpha value is -3.45. The molecule has 2 aromatic heterocycles. The summed E-state index contributed by atoms with van der Waals surface area (Å²) in [5, 5.41) is 0.648. The molecule has 0 saturated carbocycles. The number of halogens is 1. The molecule has 31 heavy (non-hydrogen) atoms. The van der Waals surface area contributed by atoms with Crippen molar-refractivity contribution in [1.82, 2.24) is 24.0 Å². The molecule has 0 spiro atoms. The number of fused-ring (bicyclic) bond motifs is 1. The van der Waals surface area contributed by atoms with E-state index in [0.717, 1.165) is 11.1 Å². The van der Waals surface area contributed by atoms with Crippen molar-refractivity contribution in [2.45, 2.75) is 20.0 Å². The van der Waals surface area contributed by atoms with Crippen molar-refractivity contribution in [1.29, 1.82) is 0 Å². The third-order valence-electron chi connectivity index (χ3n) is 5.23. The van der Waals surface area contributed by atoms with Crippen LogP contribution in [0.4, 0.5) is 0 Å². The molecule has 4 rings (SSSR count). The van der Waals surface area contributed by atoms with Crippen LogP contribution in [0.25, 0.3) is 22.6 Å². The number of imidazole rings is 1. The summed E-state index contributed by atoms with van der Waals surface area (Å²) in [6.45, 7) is 2.78. The summed E-state index contributed by atoms with van der Waals surface area (Å²) in [6, 6.07) is 16.9. The molecule has 0 bridgehead atoms. The van der Waals surface area contributed by atoms with E-state index in [2.05, 4.69) is 9.97 Å². The molecule has 0 radical (unpaired) electrons. The van der Waals surface area contributed by atoms with Crippen LogP contribution in [0.2, 0.25) is 5.02 Å². The number of amides is 1. The van der Waals surface area contributed by atoms with Gasteiger partial charge in [0, 0.05) is 30.7 Å². The van der Waals surface area contributed by atoms with E-state index in [1.165, 1.54) is 9.13 Å². The molecule has 0 fully saturated rings. The number of aryl methyl sites for hydroxylation is 1. The zero-order valence-electron chi connectivity index (χ0n) is 17.3. The van der Waals surface area contributed by atoms with Crippen molar-refractivity contribution >= 4 is 28.7 Å². The van der Waals surface area contributed by atoms with Gasteiger partial charge < -0.3 is 4.90 Å². The molecule has 0 unspecified atom stereocenters. The van der Waals surface area contributed by atoms with Gasteiger partial charge in [-0.2, -0.15) is 0 Å². The second kappa shape index (κ2) is 8.73. The molecular weight excluding hydrogens is 414 g/mol. The fraction of sp³-hybridized carbons (Fsp3) is 0.217. The number of aromatic nitrogens is 4. The predicted molar refractivity (Wildman–Crippen MR) is 121 cm³/mol. The lowest BCUT2D eigenvalue weighted by molar-refractivity contribution is -0.132. The fourth-order valence-electron chi connectivity index (χ4n) is 3.47. The quantitative estimate of drug-likeness (QED) is 0.464. The number of benzene rings is 2. The number of nitrogens with zero attached hydrogens (tertiary/aromatic N) is 5. The maximum atomic E-state index is 13.1. The van der Waals surface area contributed by atoms with Crippen LogP contribution in [-0.2, 0) is 24.9 Å². The average Bonchev–Trinajstić information content (AvgIpc) is 3.03. The van der Waals surface area contributed by atoms with Gasteiger partial charge in [0.05, 0.1) is 6.20 Å². The Bertz CT molecular complexity index is 1280. The number of hydrogen-bond donors (Lipinski definition) is 0. The molecule has 0 N–H and O–H groups in total. The van der Waals surface area contributed by atoms with Gasteiger partial charge in [-0.3, -0.25) is 13.9 Å². The van der Waals surface area contributed by atoms with E-state index in [9.17, 15) is 9.59 Å². The van der Waals surface area contributed by atoms with Gasteiger partial charge in [-0.15, -0.1) is 0 Å². The molecule has 2 heterocycles. The molecule has 4 aromatic rings. The summed E-state index contributed by atoms with van der Waals surface area (Å²) < 4.78 is 2.88. The maximum Gasteiger partial charge on any atom is 0.330 e. The Kier molecular flexibility index (Phi) is 5.86. The lowest BCUT2D eigenvalue weighted by atomic mass is 10.2. The smallest absolute Gasteiger partial charge is 0.330 e. The SMILES string of the molecule is CCN(Cc1ccc(Cl)cc1)C(=O)Cn1c(=O)n(C)c2cnc(-c3ccccc3)nc21. The van der Waals surface area contributed by atoms with Crippen molar-refractivity contribution in [3.8, 4) is 11.4 Å². The first-order valence-electron chi connectivity index (χ1n) is 9.98. The minimum absolute atomic E-state index is 0.0944. The Morgan fingerprint density at radius 2 is 1.81 bits per heavy atom. The summed E-state index contributed by atoms with van der Waals surface area (Å²) in [7, 11) is 1.66. The van der Waals surface area contributed by atoms with Crippen molar-refractivity contribution in [3.05, 3.63) is 81.9 Å². The molecular formula is C23H22ClN5O2. The van der Waals surface area contributed by atoms with Crippen molar-refractivity contribution in [3.63, 3.8) is 0 Å². The third kappa shape index (κ3) is 4.22. The van der Waals surface area contributed by atoms with E-state index in [4.69, 9.17) is 11.6 Å². The number of carbonyl (C=O) groups excluding carboxylic acids is 1. The second-order valence-electron chi connectivity index (χ2n) is 7.23. The summed E-state index contributed by atoms with van der Waals surface area (Å²) in [5.41, 5.74) is 2.54. The first-order valence-corrected chi connectivity index (χ1v) is 10.4. The third-order valence-corrected chi connectivity index (χ3v) is 5.48. The highest BCUT2D eigenvalue weighted by Crippen LogP contribution is 2.18. The molecule has 8 heteroatoms. The van der Waals surface area contributed by atoms with Crippen LogP contribution >= 0.6 is 11.6 Å². The van der Waals surface area contributed by atoms with Gasteiger partial charge >= 0.3 is 5.69 Å². The van der Waals surface area contributed by atoms with Crippen LogP contribution < -0.4 is 5.69 Å². The molecule has 0 saturated heterocycles. The molecule has 0 atom stereocenters. The largest absolute Gasteiger partial charge is 0.337 e. The van der Waals surface area contributed by atoms with E-state index in [1.54, 1.807) is 30.3 Å². The maximum absolute atomic E-state index is 13.1. The molecule has 2 aromatic carbocycles. The average molecular weight is 436 g/mol. The van der Waals surface area contributed by atoms with Gasteiger partial charge in [0.15, 0.2) is 11.5 Å². The fourth-order valence-corrected chi connectivity index (χ4v) is 3.59. The van der Waals surface area contributed by atoms with Gasteiger partial charge in [0.1, 0.15) is 12.1 Å². The van der Waals surface area contributed by atoms with Crippen molar-refractivity contribution in [2.75, 3.05) is 6.54 Å². The Morgan fingerprint density at radius 3 is 2.48 bits per heavy atom. The first-order chi connectivity index (χ1) is 15.0. The summed E-state index contributed by atoms with van der Waals surface area (Å²) in [5.74, 6) is 0.348. The van der Waals surface area contributed by atoms with Gasteiger partial charge in [0.2, 0.25) is 5.91 Å². The van der Waals surface area contributed by atoms with Gasteiger partial charge in [-0.1, -0.05) is 54.1 Å². The summed E-state index contributed by atoms with van der Waals surface area (Å²) >= 11 is 5.95. The van der Waals surface area contributed by atoms with Gasteiger partial charge in [0.25, 0.3) is 0 Å². The Labute approximate surface area is 184 Å². The van der Waals surface area contributed by atoms with E-state index in [0.29, 0.717) is 35.1 Å². The van der Waals surface area contributed by atoms with Crippen molar-refractivity contribution < 1.29 is 4.79 Å². The highest BCUT2D eigenvalue weighted by atomic mass is 35.5. The minimum atomic E-state index is -0.301. The van der Waals surface area contributed by atoms with Crippen LogP contribution in [-0.4, -0.2) is 36.5 Å². The first kappa shape index (κ1) is 20.8. The van der Waals surface area contributed by atoms with E-state index < -0.39 is 0 Å². The van der Waals surface area contributed by atoms with E-state index in [1.807, 2.05) is 49.4 Å². The second-order valence-corrected chi connectivity index (χ2v) is 7.67. The summed E-state index contributed by atoms with van der Waals surface area (Å²) in [4.78, 5) is 36.6. The van der Waals surface area contributed by atoms with E-state index >= 15 is 0 Å². The van der Waals surface area contributed by atoms with Crippen molar-refractivity contribution in [2.24, 2.45) is 7.05 Å². The molecule has 0 aliphatic rings. The summed E-state index contributed by atoms with van der Waals surface area (Å²) in [6.07, 6.45) is 1.62. The number of hydrogen-bond acceptors (Lipinski definition) is 4. The molecule has 7 nitrogen and oxygen atoms in total. The van der Waals surface area contributed by atoms with Crippen LogP contribution in [0.5, 0.6) is 0 Å². The molecule has 158 valence electrons. The highest BCUT2D eigenvalue weighted by molar-refractivity contribution is 6.30. The van der Waals surface area contributed by atoms with Gasteiger partial charge in [-0.05, 0) is 24.6 Å². The normalized spacial score (nSPS) is 11.1. The van der Waals surface area contributed by atoms with Gasteiger partial charge in [-0.25, -0.2) is 14.8 Å². The van der Waals surface area contributed by atoms with Crippen LogP contribution in [0.15, 0.2) is 65.6 Å². The van der Waals surface area contributed by atoms with Crippen LogP contribution in [0.3, 0.4) is 0 Å². The number of likely N-dealkylation sites (N-methyl/N-ethyl adjacent to an activating group) is 1. The molecule has 1 amide bonds. The lowest BCUT2D eigenvalue weighted by Crippen LogP contribution is -2.36.